The Labute approximate surface area is 174 Å². The van der Waals surface area contributed by atoms with Crippen molar-refractivity contribution < 1.29 is 19.0 Å². The molecule has 0 atom stereocenters. The lowest BCUT2D eigenvalue weighted by Crippen LogP contribution is -2.22. The van der Waals surface area contributed by atoms with Crippen molar-refractivity contribution in [1.82, 2.24) is 4.98 Å². The standard InChI is InChI=1S/C24H22N2O4/c1-28-19-5-3-2-4-18(19)26-23-9-6-16(14-25-23)12-22(27)24(10-11-24)17-7-8-20-21(13-17)30-15-29-20/h2-9,13-14H,10-12,15H2,1H3,(H,25,26). The van der Waals surface area contributed by atoms with Crippen molar-refractivity contribution >= 4 is 17.3 Å². The van der Waals surface area contributed by atoms with Crippen molar-refractivity contribution in [3.8, 4) is 17.2 Å². The molecule has 6 heteroatoms. The van der Waals surface area contributed by atoms with Crippen LogP contribution < -0.4 is 19.5 Å². The van der Waals surface area contributed by atoms with Crippen LogP contribution in [-0.2, 0) is 16.6 Å². The lowest BCUT2D eigenvalue weighted by Gasteiger charge is -2.15. The lowest BCUT2D eigenvalue weighted by atomic mass is 9.88. The number of carbonyl (C=O) groups is 1. The molecule has 152 valence electrons. The van der Waals surface area contributed by atoms with Gasteiger partial charge in [-0.1, -0.05) is 24.3 Å². The number of ether oxygens (including phenoxy) is 3. The second kappa shape index (κ2) is 7.37. The molecule has 2 heterocycles. The first-order chi connectivity index (χ1) is 14.7. The van der Waals surface area contributed by atoms with E-state index in [1.54, 1.807) is 13.3 Å². The number of fused-ring (bicyclic) bond motifs is 1. The zero-order valence-electron chi connectivity index (χ0n) is 16.7. The summed E-state index contributed by atoms with van der Waals surface area (Å²) < 4.78 is 16.2. The molecule has 2 aliphatic rings. The van der Waals surface area contributed by atoms with Crippen molar-refractivity contribution in [2.75, 3.05) is 19.2 Å². The van der Waals surface area contributed by atoms with Crippen LogP contribution in [0.2, 0.25) is 0 Å². The van der Waals surface area contributed by atoms with E-state index in [1.807, 2.05) is 54.6 Å². The van der Waals surface area contributed by atoms with Crippen LogP contribution in [0.25, 0.3) is 0 Å². The van der Waals surface area contributed by atoms with E-state index < -0.39 is 5.41 Å². The third-order valence-electron chi connectivity index (χ3n) is 5.77. The van der Waals surface area contributed by atoms with Crippen LogP contribution >= 0.6 is 0 Å². The van der Waals surface area contributed by atoms with Gasteiger partial charge in [-0.15, -0.1) is 0 Å². The number of ketones is 1. The Hall–Kier alpha value is -3.54. The van der Waals surface area contributed by atoms with Crippen molar-refractivity contribution in [1.29, 1.82) is 0 Å². The molecule has 1 aliphatic heterocycles. The van der Waals surface area contributed by atoms with Crippen LogP contribution in [0.5, 0.6) is 17.2 Å². The first kappa shape index (κ1) is 18.5. The van der Waals surface area contributed by atoms with Crippen molar-refractivity contribution in [3.05, 3.63) is 71.9 Å². The maximum atomic E-state index is 13.1. The Bertz CT molecular complexity index is 1090. The molecule has 3 aromatic rings. The third-order valence-corrected chi connectivity index (χ3v) is 5.77. The molecule has 1 saturated carbocycles. The highest BCUT2D eigenvalue weighted by molar-refractivity contribution is 5.94. The number of carbonyl (C=O) groups excluding carboxylic acids is 1. The summed E-state index contributed by atoms with van der Waals surface area (Å²) in [4.78, 5) is 17.6. The predicted molar refractivity (Wildman–Crippen MR) is 113 cm³/mol. The zero-order chi connectivity index (χ0) is 20.6. The number of methoxy groups -OCH3 is 1. The first-order valence-corrected chi connectivity index (χ1v) is 9.96. The Balaban J connectivity index is 1.28. The molecule has 1 aliphatic carbocycles. The average Bonchev–Trinajstić information content (AvgIpc) is 3.46. The number of pyridine rings is 1. The summed E-state index contributed by atoms with van der Waals surface area (Å²) >= 11 is 0. The molecule has 1 aromatic heterocycles. The minimum atomic E-state index is -0.407. The Morgan fingerprint density at radius 3 is 2.70 bits per heavy atom. The smallest absolute Gasteiger partial charge is 0.231 e. The molecular weight excluding hydrogens is 380 g/mol. The van der Waals surface area contributed by atoms with Gasteiger partial charge in [0.2, 0.25) is 6.79 Å². The van der Waals surface area contributed by atoms with E-state index in [1.165, 1.54) is 0 Å². The Kier molecular flexibility index (Phi) is 4.54. The highest BCUT2D eigenvalue weighted by atomic mass is 16.7. The Morgan fingerprint density at radius 1 is 1.10 bits per heavy atom. The fourth-order valence-electron chi connectivity index (χ4n) is 3.89. The van der Waals surface area contributed by atoms with Crippen LogP contribution in [0.3, 0.4) is 0 Å². The maximum absolute atomic E-state index is 13.1. The third kappa shape index (κ3) is 3.34. The van der Waals surface area contributed by atoms with E-state index >= 15 is 0 Å². The van der Waals surface area contributed by atoms with Gasteiger partial charge in [0.05, 0.1) is 18.2 Å². The van der Waals surface area contributed by atoms with E-state index in [9.17, 15) is 4.79 Å². The number of Topliss-reactive ketones (excluding diaryl/α,β-unsaturated/α-hetero) is 1. The van der Waals surface area contributed by atoms with Crippen LogP contribution in [0.15, 0.2) is 60.8 Å². The van der Waals surface area contributed by atoms with Crippen molar-refractivity contribution in [2.45, 2.75) is 24.7 Å². The molecule has 6 nitrogen and oxygen atoms in total. The quantitative estimate of drug-likeness (QED) is 0.631. The van der Waals surface area contributed by atoms with E-state index in [2.05, 4.69) is 10.3 Å². The van der Waals surface area contributed by atoms with Gasteiger partial charge < -0.3 is 19.5 Å². The van der Waals surface area contributed by atoms with Gasteiger partial charge >= 0.3 is 0 Å². The molecule has 0 spiro atoms. The van der Waals surface area contributed by atoms with E-state index in [-0.39, 0.29) is 12.6 Å². The molecule has 5 rings (SSSR count). The average molecular weight is 402 g/mol. The number of para-hydroxylation sites is 2. The highest BCUT2D eigenvalue weighted by Crippen LogP contribution is 2.51. The first-order valence-electron chi connectivity index (χ1n) is 9.96. The lowest BCUT2D eigenvalue weighted by molar-refractivity contribution is -0.120. The number of hydrogen-bond donors (Lipinski definition) is 1. The maximum Gasteiger partial charge on any atom is 0.231 e. The van der Waals surface area contributed by atoms with Gasteiger partial charge in [0, 0.05) is 12.6 Å². The molecule has 0 amide bonds. The number of rotatable bonds is 7. The second-order valence-electron chi connectivity index (χ2n) is 7.63. The number of aromatic nitrogens is 1. The minimum Gasteiger partial charge on any atom is -0.495 e. The monoisotopic (exact) mass is 402 g/mol. The zero-order valence-corrected chi connectivity index (χ0v) is 16.7. The van der Waals surface area contributed by atoms with Crippen molar-refractivity contribution in [3.63, 3.8) is 0 Å². The largest absolute Gasteiger partial charge is 0.495 e. The molecule has 30 heavy (non-hydrogen) atoms. The Morgan fingerprint density at radius 2 is 1.93 bits per heavy atom. The SMILES string of the molecule is COc1ccccc1Nc1ccc(CC(=O)C2(c3ccc4c(c3)OCO4)CC2)cn1. The van der Waals surface area contributed by atoms with E-state index in [4.69, 9.17) is 14.2 Å². The van der Waals surface area contributed by atoms with Gasteiger partial charge in [0.1, 0.15) is 17.4 Å². The van der Waals surface area contributed by atoms with E-state index in [0.29, 0.717) is 12.2 Å². The highest BCUT2D eigenvalue weighted by Gasteiger charge is 2.50. The molecule has 0 saturated heterocycles. The summed E-state index contributed by atoms with van der Waals surface area (Å²) in [6, 6.07) is 17.3. The van der Waals surface area contributed by atoms with Gasteiger partial charge in [-0.05, 0) is 54.3 Å². The molecule has 1 N–H and O–H groups in total. The summed E-state index contributed by atoms with van der Waals surface area (Å²) in [5.74, 6) is 3.13. The molecule has 2 aromatic carbocycles. The molecular formula is C24H22N2O4. The molecule has 0 unspecified atom stereocenters. The second-order valence-corrected chi connectivity index (χ2v) is 7.63. The summed E-state index contributed by atoms with van der Waals surface area (Å²) in [6.07, 6.45) is 3.85. The fourth-order valence-corrected chi connectivity index (χ4v) is 3.89. The van der Waals surface area contributed by atoms with Crippen LogP contribution in [0.4, 0.5) is 11.5 Å². The normalized spacial score (nSPS) is 15.5. The molecule has 0 radical (unpaired) electrons. The predicted octanol–water partition coefficient (Wildman–Crippen LogP) is 4.41. The summed E-state index contributed by atoms with van der Waals surface area (Å²) in [5.41, 5.74) is 2.35. The number of nitrogens with one attached hydrogen (secondary N) is 1. The van der Waals surface area contributed by atoms with Gasteiger partial charge in [0.15, 0.2) is 11.5 Å². The fraction of sp³-hybridized carbons (Fsp3) is 0.250. The summed E-state index contributed by atoms with van der Waals surface area (Å²) in [6.45, 7) is 0.237. The number of benzene rings is 2. The van der Waals surface area contributed by atoms with Crippen LogP contribution in [-0.4, -0.2) is 24.7 Å². The van der Waals surface area contributed by atoms with Gasteiger partial charge in [0.25, 0.3) is 0 Å². The van der Waals surface area contributed by atoms with Crippen LogP contribution in [0, 0.1) is 0 Å². The van der Waals surface area contributed by atoms with Crippen LogP contribution in [0.1, 0.15) is 24.0 Å². The van der Waals surface area contributed by atoms with Gasteiger partial charge in [-0.2, -0.15) is 0 Å². The van der Waals surface area contributed by atoms with Crippen molar-refractivity contribution in [2.24, 2.45) is 0 Å². The topological polar surface area (TPSA) is 69.7 Å². The van der Waals surface area contributed by atoms with Gasteiger partial charge in [-0.3, -0.25) is 4.79 Å². The summed E-state index contributed by atoms with van der Waals surface area (Å²) in [5, 5.41) is 3.25. The number of nitrogens with zero attached hydrogens (tertiary/aromatic N) is 1. The summed E-state index contributed by atoms with van der Waals surface area (Å²) in [7, 11) is 1.64. The molecule has 0 bridgehead atoms. The van der Waals surface area contributed by atoms with Gasteiger partial charge in [-0.25, -0.2) is 4.98 Å². The molecule has 1 fully saturated rings. The minimum absolute atomic E-state index is 0.216. The number of anilines is 2. The van der Waals surface area contributed by atoms with E-state index in [0.717, 1.165) is 46.9 Å². The number of hydrogen-bond acceptors (Lipinski definition) is 6.